The zero-order valence-corrected chi connectivity index (χ0v) is 11.5. The lowest BCUT2D eigenvalue weighted by atomic mass is 9.93. The highest BCUT2D eigenvalue weighted by Crippen LogP contribution is 2.38. The van der Waals surface area contributed by atoms with Crippen LogP contribution >= 0.6 is 0 Å². The van der Waals surface area contributed by atoms with E-state index in [0.717, 1.165) is 13.0 Å². The standard InChI is InChI=1S/C15H19FN2O2/c1-20-10-5-6-12(16)13(7-10)18-15(19)14-11-4-2-3-9(11)8-17-14/h5-7,9,11,14,17H,2-4,8H2,1H3,(H,18,19). The number of carbonyl (C=O) groups excluding carboxylic acids is 1. The Morgan fingerprint density at radius 3 is 3.10 bits per heavy atom. The molecular formula is C15H19FN2O2. The molecule has 2 aliphatic rings. The Kier molecular flexibility index (Phi) is 3.61. The van der Waals surface area contributed by atoms with E-state index in [1.807, 2.05) is 0 Å². The van der Waals surface area contributed by atoms with Crippen LogP contribution in [0.3, 0.4) is 0 Å². The molecule has 1 saturated heterocycles. The van der Waals surface area contributed by atoms with Crippen molar-refractivity contribution < 1.29 is 13.9 Å². The molecule has 108 valence electrons. The second-order valence-electron chi connectivity index (χ2n) is 5.58. The fourth-order valence-electron chi connectivity index (χ4n) is 3.41. The molecule has 4 nitrogen and oxygen atoms in total. The van der Waals surface area contributed by atoms with Gasteiger partial charge in [0.1, 0.15) is 11.6 Å². The normalized spacial score (nSPS) is 28.2. The van der Waals surface area contributed by atoms with Gasteiger partial charge in [0.2, 0.25) is 5.91 Å². The first-order valence-corrected chi connectivity index (χ1v) is 7.07. The first kappa shape index (κ1) is 13.4. The monoisotopic (exact) mass is 278 g/mol. The van der Waals surface area contributed by atoms with Gasteiger partial charge in [0.05, 0.1) is 18.8 Å². The fraction of sp³-hybridized carbons (Fsp3) is 0.533. The average molecular weight is 278 g/mol. The SMILES string of the molecule is COc1ccc(F)c(NC(=O)C2NCC3CCCC32)c1. The molecule has 3 rings (SSSR count). The Balaban J connectivity index is 1.73. The van der Waals surface area contributed by atoms with Crippen LogP contribution in [0.4, 0.5) is 10.1 Å². The molecule has 1 aliphatic carbocycles. The molecule has 20 heavy (non-hydrogen) atoms. The molecule has 1 aromatic rings. The minimum atomic E-state index is -0.444. The van der Waals surface area contributed by atoms with Gasteiger partial charge >= 0.3 is 0 Å². The van der Waals surface area contributed by atoms with E-state index in [2.05, 4.69) is 10.6 Å². The van der Waals surface area contributed by atoms with Crippen LogP contribution in [-0.4, -0.2) is 25.6 Å². The van der Waals surface area contributed by atoms with Crippen molar-refractivity contribution in [2.45, 2.75) is 25.3 Å². The van der Waals surface area contributed by atoms with Gasteiger partial charge in [-0.15, -0.1) is 0 Å². The molecule has 1 aromatic carbocycles. The summed E-state index contributed by atoms with van der Waals surface area (Å²) >= 11 is 0. The van der Waals surface area contributed by atoms with E-state index >= 15 is 0 Å². The van der Waals surface area contributed by atoms with E-state index in [-0.39, 0.29) is 17.6 Å². The van der Waals surface area contributed by atoms with E-state index in [0.29, 0.717) is 17.6 Å². The predicted octanol–water partition coefficient (Wildman–Crippen LogP) is 2.16. The van der Waals surface area contributed by atoms with Gasteiger partial charge in [-0.3, -0.25) is 4.79 Å². The van der Waals surface area contributed by atoms with Gasteiger partial charge in [-0.2, -0.15) is 0 Å². The first-order valence-electron chi connectivity index (χ1n) is 7.07. The van der Waals surface area contributed by atoms with Gasteiger partial charge in [0.25, 0.3) is 0 Å². The number of nitrogens with one attached hydrogen (secondary N) is 2. The Hall–Kier alpha value is -1.62. The van der Waals surface area contributed by atoms with Crippen LogP contribution in [0.5, 0.6) is 5.75 Å². The van der Waals surface area contributed by atoms with E-state index in [1.54, 1.807) is 0 Å². The van der Waals surface area contributed by atoms with Gasteiger partial charge < -0.3 is 15.4 Å². The van der Waals surface area contributed by atoms with Crippen LogP contribution in [0, 0.1) is 17.7 Å². The zero-order valence-electron chi connectivity index (χ0n) is 11.5. The summed E-state index contributed by atoms with van der Waals surface area (Å²) < 4.78 is 18.8. The number of carbonyl (C=O) groups is 1. The van der Waals surface area contributed by atoms with Crippen molar-refractivity contribution >= 4 is 11.6 Å². The number of hydrogen-bond donors (Lipinski definition) is 2. The number of fused-ring (bicyclic) bond motifs is 1. The summed E-state index contributed by atoms with van der Waals surface area (Å²) in [5, 5.41) is 5.94. The minimum absolute atomic E-state index is 0.147. The van der Waals surface area contributed by atoms with Crippen LogP contribution in [0.15, 0.2) is 18.2 Å². The number of anilines is 1. The number of methoxy groups -OCH3 is 1. The second kappa shape index (κ2) is 5.40. The van der Waals surface area contributed by atoms with Gasteiger partial charge in [0, 0.05) is 6.07 Å². The van der Waals surface area contributed by atoms with E-state index in [4.69, 9.17) is 4.74 Å². The van der Waals surface area contributed by atoms with Crippen molar-refractivity contribution in [1.82, 2.24) is 5.32 Å². The van der Waals surface area contributed by atoms with Gasteiger partial charge in [-0.25, -0.2) is 4.39 Å². The lowest BCUT2D eigenvalue weighted by Crippen LogP contribution is -2.39. The molecule has 0 radical (unpaired) electrons. The summed E-state index contributed by atoms with van der Waals surface area (Å²) in [6.07, 6.45) is 3.46. The van der Waals surface area contributed by atoms with Crippen molar-refractivity contribution in [3.8, 4) is 5.75 Å². The van der Waals surface area contributed by atoms with Crippen molar-refractivity contribution in [1.29, 1.82) is 0 Å². The number of benzene rings is 1. The van der Waals surface area contributed by atoms with Crippen LogP contribution < -0.4 is 15.4 Å². The maximum atomic E-state index is 13.7. The summed E-state index contributed by atoms with van der Waals surface area (Å²) in [6, 6.07) is 4.14. The van der Waals surface area contributed by atoms with Crippen LogP contribution in [-0.2, 0) is 4.79 Å². The summed E-state index contributed by atoms with van der Waals surface area (Å²) in [6.45, 7) is 0.892. The Labute approximate surface area is 117 Å². The smallest absolute Gasteiger partial charge is 0.241 e. The number of ether oxygens (including phenoxy) is 1. The first-order chi connectivity index (χ1) is 9.69. The summed E-state index contributed by atoms with van der Waals surface area (Å²) in [5.74, 6) is 0.927. The highest BCUT2D eigenvalue weighted by atomic mass is 19.1. The van der Waals surface area contributed by atoms with Crippen molar-refractivity contribution in [2.24, 2.45) is 11.8 Å². The average Bonchev–Trinajstić information content (AvgIpc) is 3.03. The molecule has 0 bridgehead atoms. The van der Waals surface area contributed by atoms with E-state index in [1.165, 1.54) is 38.2 Å². The molecule has 0 aromatic heterocycles. The molecule has 1 amide bonds. The lowest BCUT2D eigenvalue weighted by molar-refractivity contribution is -0.118. The molecule has 1 aliphatic heterocycles. The number of hydrogen-bond acceptors (Lipinski definition) is 3. The Bertz CT molecular complexity index is 521. The third-order valence-electron chi connectivity index (χ3n) is 4.46. The van der Waals surface area contributed by atoms with E-state index in [9.17, 15) is 9.18 Å². The molecule has 2 N–H and O–H groups in total. The molecule has 3 atom stereocenters. The second-order valence-corrected chi connectivity index (χ2v) is 5.58. The molecular weight excluding hydrogens is 259 g/mol. The molecule has 1 saturated carbocycles. The van der Waals surface area contributed by atoms with Crippen LogP contribution in [0.1, 0.15) is 19.3 Å². The molecule has 0 spiro atoms. The van der Waals surface area contributed by atoms with Crippen LogP contribution in [0.2, 0.25) is 0 Å². The number of halogens is 1. The van der Waals surface area contributed by atoms with Crippen LogP contribution in [0.25, 0.3) is 0 Å². The number of rotatable bonds is 3. The largest absolute Gasteiger partial charge is 0.497 e. The van der Waals surface area contributed by atoms with Gasteiger partial charge in [-0.05, 0) is 43.4 Å². The third-order valence-corrected chi connectivity index (χ3v) is 4.46. The van der Waals surface area contributed by atoms with E-state index < -0.39 is 5.82 Å². The topological polar surface area (TPSA) is 50.4 Å². The maximum Gasteiger partial charge on any atom is 0.241 e. The Morgan fingerprint density at radius 2 is 2.30 bits per heavy atom. The highest BCUT2D eigenvalue weighted by molar-refractivity contribution is 5.95. The predicted molar refractivity (Wildman–Crippen MR) is 74.2 cm³/mol. The van der Waals surface area contributed by atoms with Gasteiger partial charge in [0.15, 0.2) is 0 Å². The maximum absolute atomic E-state index is 13.7. The lowest BCUT2D eigenvalue weighted by Gasteiger charge is -2.18. The minimum Gasteiger partial charge on any atom is -0.497 e. The summed E-state index contributed by atoms with van der Waals surface area (Å²) in [4.78, 5) is 12.3. The molecule has 2 fully saturated rings. The van der Waals surface area contributed by atoms with Gasteiger partial charge in [-0.1, -0.05) is 6.42 Å². The summed E-state index contributed by atoms with van der Waals surface area (Å²) in [7, 11) is 1.51. The number of amides is 1. The third kappa shape index (κ3) is 2.38. The van der Waals surface area contributed by atoms with Crippen molar-refractivity contribution in [3.63, 3.8) is 0 Å². The molecule has 1 heterocycles. The molecule has 5 heteroatoms. The zero-order chi connectivity index (χ0) is 14.1. The quantitative estimate of drug-likeness (QED) is 0.891. The Morgan fingerprint density at radius 1 is 1.45 bits per heavy atom. The summed E-state index contributed by atoms with van der Waals surface area (Å²) in [5.41, 5.74) is 0.178. The fourth-order valence-corrected chi connectivity index (χ4v) is 3.41. The van der Waals surface area contributed by atoms with Crippen molar-refractivity contribution in [3.05, 3.63) is 24.0 Å². The molecule has 3 unspecified atom stereocenters. The highest BCUT2D eigenvalue weighted by Gasteiger charge is 2.42. The van der Waals surface area contributed by atoms with Crippen molar-refractivity contribution in [2.75, 3.05) is 19.0 Å².